The number of hydrogen-bond acceptors (Lipinski definition) is 8. The maximum absolute atomic E-state index is 14.2. The maximum Gasteiger partial charge on any atom is 0.338 e. The molecule has 0 fully saturated rings. The number of carbonyl (C=O) groups is 1. The predicted octanol–water partition coefficient (Wildman–Crippen LogP) is 5.11. The average molecular weight is 650 g/mol. The molecule has 1 aromatic heterocycles. The molecule has 0 aliphatic carbocycles. The summed E-state index contributed by atoms with van der Waals surface area (Å²) in [6, 6.07) is 19.6. The SMILES string of the molecule is CCOC(=O)C1=C(c2ccccc2)N=c2s/c(=C/c3cc(OCC)c(OC)cc3Br)c(=O)n2[C@H]1c1ccc(OC)cc1. The van der Waals surface area contributed by atoms with Crippen LogP contribution in [0.3, 0.4) is 0 Å². The van der Waals surface area contributed by atoms with Crippen LogP contribution in [0.5, 0.6) is 17.2 Å². The molecule has 0 spiro atoms. The predicted molar refractivity (Wildman–Crippen MR) is 166 cm³/mol. The first kappa shape index (κ1) is 29.3. The Bertz CT molecular complexity index is 1830. The van der Waals surface area contributed by atoms with E-state index in [1.54, 1.807) is 50.0 Å². The van der Waals surface area contributed by atoms with Gasteiger partial charge in [-0.05, 0) is 55.3 Å². The summed E-state index contributed by atoms with van der Waals surface area (Å²) in [6.45, 7) is 4.28. The van der Waals surface area contributed by atoms with Gasteiger partial charge < -0.3 is 18.9 Å². The maximum atomic E-state index is 14.2. The van der Waals surface area contributed by atoms with Crippen molar-refractivity contribution in [1.29, 1.82) is 0 Å². The van der Waals surface area contributed by atoms with Crippen LogP contribution < -0.4 is 29.1 Å². The molecule has 0 saturated carbocycles. The van der Waals surface area contributed by atoms with Crippen LogP contribution in [-0.2, 0) is 9.53 Å². The van der Waals surface area contributed by atoms with Crippen molar-refractivity contribution in [2.24, 2.45) is 4.99 Å². The Morgan fingerprint density at radius 3 is 2.38 bits per heavy atom. The second-order valence-electron chi connectivity index (χ2n) is 9.16. The number of benzene rings is 3. The highest BCUT2D eigenvalue weighted by Crippen LogP contribution is 2.36. The number of nitrogens with zero attached hydrogens (tertiary/aromatic N) is 2. The van der Waals surface area contributed by atoms with Crippen molar-refractivity contribution in [3.8, 4) is 17.2 Å². The first-order valence-corrected chi connectivity index (χ1v) is 14.9. The van der Waals surface area contributed by atoms with Gasteiger partial charge in [0.25, 0.3) is 5.56 Å². The molecule has 0 radical (unpaired) electrons. The summed E-state index contributed by atoms with van der Waals surface area (Å²) in [4.78, 5) is 33.1. The fraction of sp³-hybridized carbons (Fsp3) is 0.219. The van der Waals surface area contributed by atoms with Crippen molar-refractivity contribution in [3.05, 3.63) is 113 Å². The molecule has 0 amide bonds. The Morgan fingerprint density at radius 1 is 1.00 bits per heavy atom. The first-order valence-electron chi connectivity index (χ1n) is 13.3. The summed E-state index contributed by atoms with van der Waals surface area (Å²) in [5, 5.41) is 0. The van der Waals surface area contributed by atoms with E-state index in [0.29, 0.717) is 38.9 Å². The molecule has 3 aromatic carbocycles. The minimum Gasteiger partial charge on any atom is -0.497 e. The van der Waals surface area contributed by atoms with Gasteiger partial charge in [0.15, 0.2) is 16.3 Å². The van der Waals surface area contributed by atoms with Gasteiger partial charge in [0.1, 0.15) is 5.75 Å². The monoisotopic (exact) mass is 648 g/mol. The molecule has 1 aliphatic heterocycles. The van der Waals surface area contributed by atoms with E-state index in [9.17, 15) is 9.59 Å². The molecule has 5 rings (SSSR count). The molecule has 0 N–H and O–H groups in total. The lowest BCUT2D eigenvalue weighted by atomic mass is 9.93. The lowest BCUT2D eigenvalue weighted by molar-refractivity contribution is -0.138. The smallest absolute Gasteiger partial charge is 0.338 e. The van der Waals surface area contributed by atoms with Gasteiger partial charge in [-0.2, -0.15) is 0 Å². The average Bonchev–Trinajstić information content (AvgIpc) is 3.32. The molecule has 1 atom stereocenters. The number of thiazole rings is 1. The quantitative estimate of drug-likeness (QED) is 0.234. The Hall–Kier alpha value is -4.15. The number of fused-ring (bicyclic) bond motifs is 1. The fourth-order valence-corrected chi connectivity index (χ4v) is 6.20. The van der Waals surface area contributed by atoms with Gasteiger partial charge in [0, 0.05) is 10.0 Å². The van der Waals surface area contributed by atoms with Gasteiger partial charge in [0.2, 0.25) is 0 Å². The van der Waals surface area contributed by atoms with Crippen LogP contribution >= 0.6 is 27.3 Å². The summed E-state index contributed by atoms with van der Waals surface area (Å²) >= 11 is 4.85. The van der Waals surface area contributed by atoms with Crippen molar-refractivity contribution in [3.63, 3.8) is 0 Å². The van der Waals surface area contributed by atoms with E-state index in [0.717, 1.165) is 21.2 Å². The topological polar surface area (TPSA) is 88.4 Å². The Balaban J connectivity index is 1.80. The molecule has 42 heavy (non-hydrogen) atoms. The molecule has 1 aliphatic rings. The Labute approximate surface area is 255 Å². The highest BCUT2D eigenvalue weighted by atomic mass is 79.9. The third-order valence-corrected chi connectivity index (χ3v) is 8.34. The number of carbonyl (C=O) groups excluding carboxylic acids is 1. The van der Waals surface area contributed by atoms with Crippen molar-refractivity contribution < 1.29 is 23.7 Å². The van der Waals surface area contributed by atoms with E-state index in [-0.39, 0.29) is 17.7 Å². The van der Waals surface area contributed by atoms with Gasteiger partial charge in [-0.25, -0.2) is 9.79 Å². The van der Waals surface area contributed by atoms with Gasteiger partial charge in [-0.1, -0.05) is 69.7 Å². The van der Waals surface area contributed by atoms with Gasteiger partial charge >= 0.3 is 5.97 Å². The number of hydrogen-bond donors (Lipinski definition) is 0. The van der Waals surface area contributed by atoms with E-state index in [4.69, 9.17) is 23.9 Å². The van der Waals surface area contributed by atoms with Crippen molar-refractivity contribution >= 4 is 45.0 Å². The lowest BCUT2D eigenvalue weighted by Crippen LogP contribution is -2.40. The number of halogens is 1. The second kappa shape index (κ2) is 12.8. The zero-order valence-corrected chi connectivity index (χ0v) is 26.0. The molecule has 0 unspecified atom stereocenters. The fourth-order valence-electron chi connectivity index (χ4n) is 4.77. The van der Waals surface area contributed by atoms with Gasteiger partial charge in [-0.3, -0.25) is 9.36 Å². The van der Waals surface area contributed by atoms with Crippen LogP contribution in [-0.4, -0.2) is 38.0 Å². The summed E-state index contributed by atoms with van der Waals surface area (Å²) in [6.07, 6.45) is 1.79. The van der Waals surface area contributed by atoms with Crippen LogP contribution in [0.4, 0.5) is 0 Å². The highest BCUT2D eigenvalue weighted by Gasteiger charge is 2.35. The third kappa shape index (κ3) is 5.64. The Morgan fingerprint density at radius 2 is 1.74 bits per heavy atom. The van der Waals surface area contributed by atoms with Gasteiger partial charge in [0.05, 0.1) is 49.3 Å². The minimum absolute atomic E-state index is 0.178. The van der Waals surface area contributed by atoms with Crippen LogP contribution in [0, 0.1) is 0 Å². The minimum atomic E-state index is -0.776. The summed E-state index contributed by atoms with van der Waals surface area (Å²) < 4.78 is 24.8. The standard InChI is InChI=1S/C32H29BrN2O6S/c1-5-40-25-16-21(23(33)18-24(25)39-4)17-26-30(36)35-29(20-12-14-22(38-3)15-13-20)27(31(37)41-6-2)28(34-32(35)42-26)19-10-8-7-9-11-19/h7-18,29H,5-6H2,1-4H3/b26-17+/t29-/m0/s1. The van der Waals surface area contributed by atoms with Crippen molar-refractivity contribution in [2.75, 3.05) is 27.4 Å². The van der Waals surface area contributed by atoms with Crippen molar-refractivity contribution in [2.45, 2.75) is 19.9 Å². The summed E-state index contributed by atoms with van der Waals surface area (Å²) in [7, 11) is 3.16. The summed E-state index contributed by atoms with van der Waals surface area (Å²) in [5.41, 5.74) is 2.67. The largest absolute Gasteiger partial charge is 0.497 e. The molecule has 216 valence electrons. The van der Waals surface area contributed by atoms with E-state index < -0.39 is 12.0 Å². The number of methoxy groups -OCH3 is 2. The van der Waals surface area contributed by atoms with Crippen LogP contribution in [0.2, 0.25) is 0 Å². The molecule has 2 heterocycles. The number of esters is 1. The number of rotatable bonds is 9. The Kier molecular flexibility index (Phi) is 8.94. The molecule has 0 saturated heterocycles. The van der Waals surface area contributed by atoms with E-state index >= 15 is 0 Å². The molecular weight excluding hydrogens is 620 g/mol. The molecule has 4 aromatic rings. The molecule has 8 nitrogen and oxygen atoms in total. The molecule has 0 bridgehead atoms. The van der Waals surface area contributed by atoms with E-state index in [2.05, 4.69) is 15.9 Å². The normalized spacial score (nSPS) is 14.7. The second-order valence-corrected chi connectivity index (χ2v) is 11.0. The first-order chi connectivity index (χ1) is 20.4. The van der Waals surface area contributed by atoms with Crippen LogP contribution in [0.1, 0.15) is 36.6 Å². The zero-order chi connectivity index (χ0) is 29.8. The van der Waals surface area contributed by atoms with Gasteiger partial charge in [-0.15, -0.1) is 0 Å². The van der Waals surface area contributed by atoms with E-state index in [1.165, 1.54) is 11.3 Å². The third-order valence-electron chi connectivity index (χ3n) is 6.67. The zero-order valence-electron chi connectivity index (χ0n) is 23.5. The highest BCUT2D eigenvalue weighted by molar-refractivity contribution is 9.10. The number of ether oxygens (including phenoxy) is 4. The molecule has 10 heteroatoms. The van der Waals surface area contributed by atoms with Crippen LogP contribution in [0.15, 0.2) is 86.6 Å². The van der Waals surface area contributed by atoms with Crippen molar-refractivity contribution in [1.82, 2.24) is 4.57 Å². The lowest BCUT2D eigenvalue weighted by Gasteiger charge is -2.26. The number of aromatic nitrogens is 1. The summed E-state index contributed by atoms with van der Waals surface area (Å²) in [5.74, 6) is 1.27. The molecular formula is C32H29BrN2O6S. The van der Waals surface area contributed by atoms with Crippen LogP contribution in [0.25, 0.3) is 11.8 Å². The van der Waals surface area contributed by atoms with E-state index in [1.807, 2.05) is 55.5 Å².